The number of likely N-dealkylation sites (N-methyl/N-ethyl adjacent to an activating group) is 1. The average Bonchev–Trinajstić information content (AvgIpc) is 3.49. The molecule has 1 saturated heterocycles. The highest BCUT2D eigenvalue weighted by atomic mass is 35.5. The molecule has 1 atom stereocenters. The van der Waals surface area contributed by atoms with Crippen LogP contribution >= 0.6 is 22.9 Å². The van der Waals surface area contributed by atoms with Crippen molar-refractivity contribution in [3.05, 3.63) is 76.3 Å². The first-order chi connectivity index (χ1) is 15.5. The van der Waals surface area contributed by atoms with Crippen LogP contribution in [0.25, 0.3) is 10.6 Å². The molecular formula is C24H25ClN4O2S. The highest BCUT2D eigenvalue weighted by Crippen LogP contribution is 2.26. The summed E-state index contributed by atoms with van der Waals surface area (Å²) in [6.07, 6.45) is 3.27. The van der Waals surface area contributed by atoms with E-state index in [4.69, 9.17) is 11.6 Å². The first-order valence-electron chi connectivity index (χ1n) is 10.6. The van der Waals surface area contributed by atoms with Gasteiger partial charge in [0.05, 0.1) is 17.1 Å². The van der Waals surface area contributed by atoms with E-state index in [2.05, 4.69) is 10.3 Å². The fourth-order valence-corrected chi connectivity index (χ4v) is 4.90. The van der Waals surface area contributed by atoms with Crippen LogP contribution in [0.15, 0.2) is 60.8 Å². The summed E-state index contributed by atoms with van der Waals surface area (Å²) >= 11 is 7.55. The molecule has 1 N–H and O–H groups in total. The predicted molar refractivity (Wildman–Crippen MR) is 127 cm³/mol. The molecule has 1 aromatic carbocycles. The second-order valence-electron chi connectivity index (χ2n) is 7.81. The quantitative estimate of drug-likeness (QED) is 0.565. The average molecular weight is 469 g/mol. The minimum atomic E-state index is -0.431. The Morgan fingerprint density at radius 2 is 2.00 bits per heavy atom. The maximum Gasteiger partial charge on any atom is 0.318 e. The molecule has 3 heterocycles. The zero-order valence-corrected chi connectivity index (χ0v) is 19.4. The summed E-state index contributed by atoms with van der Waals surface area (Å²) in [4.78, 5) is 35.7. The molecule has 0 bridgehead atoms. The largest absolute Gasteiger partial charge is 0.340 e. The molecule has 1 aliphatic rings. The van der Waals surface area contributed by atoms with Gasteiger partial charge in [0, 0.05) is 36.2 Å². The van der Waals surface area contributed by atoms with Gasteiger partial charge in [0.15, 0.2) is 0 Å². The number of carbonyl (C=O) groups excluding carboxylic acids is 2. The topological polar surface area (TPSA) is 65.5 Å². The lowest BCUT2D eigenvalue weighted by Gasteiger charge is -2.28. The summed E-state index contributed by atoms with van der Waals surface area (Å²) < 4.78 is 0. The van der Waals surface area contributed by atoms with E-state index in [0.29, 0.717) is 31.1 Å². The second-order valence-corrected chi connectivity index (χ2v) is 9.42. The number of rotatable bonds is 6. The first kappa shape index (κ1) is 22.3. The maximum atomic E-state index is 13.0. The van der Waals surface area contributed by atoms with E-state index in [1.165, 1.54) is 0 Å². The number of pyridine rings is 1. The van der Waals surface area contributed by atoms with Gasteiger partial charge in [-0.2, -0.15) is 0 Å². The Morgan fingerprint density at radius 3 is 2.75 bits per heavy atom. The summed E-state index contributed by atoms with van der Waals surface area (Å²) in [5, 5.41) is 3.64. The standard InChI is InChI=1S/C24H25ClN4O2S/c1-28(16-17-7-9-18(25)10-8-17)23(30)21-6-4-14-29(21)24(31)27-15-19-11-12-22(32-19)20-5-2-3-13-26-20/h2-3,5,7-13,21H,4,6,14-16H2,1H3,(H,27,31)/t21-/m1/s1. The fourth-order valence-electron chi connectivity index (χ4n) is 3.85. The summed E-state index contributed by atoms with van der Waals surface area (Å²) in [6.45, 7) is 1.49. The zero-order valence-electron chi connectivity index (χ0n) is 17.8. The van der Waals surface area contributed by atoms with Gasteiger partial charge in [-0.3, -0.25) is 9.78 Å². The van der Waals surface area contributed by atoms with Gasteiger partial charge in [0.1, 0.15) is 6.04 Å². The van der Waals surface area contributed by atoms with E-state index in [1.807, 2.05) is 54.6 Å². The molecule has 3 aromatic rings. The Balaban J connectivity index is 1.33. The number of hydrogen-bond donors (Lipinski definition) is 1. The van der Waals surface area contributed by atoms with Crippen LogP contribution in [0.5, 0.6) is 0 Å². The number of nitrogens with zero attached hydrogens (tertiary/aromatic N) is 3. The number of amides is 3. The number of benzene rings is 1. The van der Waals surface area contributed by atoms with Gasteiger partial charge in [0.2, 0.25) is 5.91 Å². The normalized spacial score (nSPS) is 15.6. The predicted octanol–water partition coefficient (Wildman–Crippen LogP) is 4.80. The number of nitrogens with one attached hydrogen (secondary N) is 1. The van der Waals surface area contributed by atoms with Crippen molar-refractivity contribution in [3.8, 4) is 10.6 Å². The van der Waals surface area contributed by atoms with Crippen LogP contribution in [-0.2, 0) is 17.9 Å². The molecule has 166 valence electrons. The van der Waals surface area contributed by atoms with Crippen molar-refractivity contribution < 1.29 is 9.59 Å². The Kier molecular flexibility index (Phi) is 7.07. The number of carbonyl (C=O) groups is 2. The molecule has 32 heavy (non-hydrogen) atoms. The number of thiophene rings is 1. The maximum absolute atomic E-state index is 13.0. The van der Waals surface area contributed by atoms with Crippen LogP contribution in [0, 0.1) is 0 Å². The first-order valence-corrected chi connectivity index (χ1v) is 11.7. The van der Waals surface area contributed by atoms with E-state index in [1.54, 1.807) is 34.4 Å². The molecule has 0 saturated carbocycles. The van der Waals surface area contributed by atoms with Crippen LogP contribution in [0.3, 0.4) is 0 Å². The third-order valence-electron chi connectivity index (χ3n) is 5.50. The Bertz CT molecular complexity index is 1070. The fraction of sp³-hybridized carbons (Fsp3) is 0.292. The molecule has 0 aliphatic carbocycles. The molecule has 2 aromatic heterocycles. The van der Waals surface area contributed by atoms with Gasteiger partial charge < -0.3 is 15.1 Å². The van der Waals surface area contributed by atoms with E-state index in [-0.39, 0.29) is 11.9 Å². The van der Waals surface area contributed by atoms with Gasteiger partial charge in [-0.1, -0.05) is 29.8 Å². The minimum Gasteiger partial charge on any atom is -0.340 e. The monoisotopic (exact) mass is 468 g/mol. The molecule has 3 amide bonds. The lowest BCUT2D eigenvalue weighted by atomic mass is 10.1. The Labute approximate surface area is 196 Å². The SMILES string of the molecule is CN(Cc1ccc(Cl)cc1)C(=O)[C@H]1CCCN1C(=O)NCc1ccc(-c2ccccn2)s1. The van der Waals surface area contributed by atoms with Gasteiger partial charge in [-0.05, 0) is 54.8 Å². The van der Waals surface area contributed by atoms with Gasteiger partial charge in [-0.25, -0.2) is 4.79 Å². The second kappa shape index (κ2) is 10.1. The van der Waals surface area contributed by atoms with Gasteiger partial charge >= 0.3 is 6.03 Å². The molecule has 8 heteroatoms. The summed E-state index contributed by atoms with van der Waals surface area (Å²) in [7, 11) is 1.77. The van der Waals surface area contributed by atoms with Crippen molar-refractivity contribution in [2.45, 2.75) is 32.0 Å². The van der Waals surface area contributed by atoms with E-state index >= 15 is 0 Å². The third kappa shape index (κ3) is 5.29. The van der Waals surface area contributed by atoms with E-state index < -0.39 is 6.04 Å². The molecule has 1 aliphatic heterocycles. The van der Waals surface area contributed by atoms with Crippen LogP contribution in [0.1, 0.15) is 23.3 Å². The number of aromatic nitrogens is 1. The molecular weight excluding hydrogens is 444 g/mol. The smallest absolute Gasteiger partial charge is 0.318 e. The molecule has 0 radical (unpaired) electrons. The zero-order chi connectivity index (χ0) is 22.5. The summed E-state index contributed by atoms with van der Waals surface area (Å²) in [5.74, 6) is -0.0406. The highest BCUT2D eigenvalue weighted by Gasteiger charge is 2.35. The van der Waals surface area contributed by atoms with Crippen LogP contribution in [0.2, 0.25) is 5.02 Å². The van der Waals surface area contributed by atoms with Crippen molar-refractivity contribution in [2.75, 3.05) is 13.6 Å². The van der Waals surface area contributed by atoms with Crippen molar-refractivity contribution in [1.82, 2.24) is 20.1 Å². The van der Waals surface area contributed by atoms with Gasteiger partial charge in [-0.15, -0.1) is 11.3 Å². The van der Waals surface area contributed by atoms with Crippen LogP contribution < -0.4 is 5.32 Å². The Morgan fingerprint density at radius 1 is 1.19 bits per heavy atom. The third-order valence-corrected chi connectivity index (χ3v) is 6.86. The summed E-state index contributed by atoms with van der Waals surface area (Å²) in [5.41, 5.74) is 1.92. The number of hydrogen-bond acceptors (Lipinski definition) is 4. The molecule has 1 fully saturated rings. The van der Waals surface area contributed by atoms with Crippen LogP contribution in [-0.4, -0.2) is 46.4 Å². The molecule has 0 unspecified atom stereocenters. The highest BCUT2D eigenvalue weighted by molar-refractivity contribution is 7.15. The molecule has 0 spiro atoms. The van der Waals surface area contributed by atoms with Crippen molar-refractivity contribution in [1.29, 1.82) is 0 Å². The lowest BCUT2D eigenvalue weighted by molar-refractivity contribution is -0.134. The van der Waals surface area contributed by atoms with E-state index in [0.717, 1.165) is 27.4 Å². The summed E-state index contributed by atoms with van der Waals surface area (Å²) in [6, 6.07) is 16.6. The molecule has 4 rings (SSSR count). The van der Waals surface area contributed by atoms with Gasteiger partial charge in [0.25, 0.3) is 0 Å². The van der Waals surface area contributed by atoms with Crippen molar-refractivity contribution in [3.63, 3.8) is 0 Å². The molecule has 6 nitrogen and oxygen atoms in total. The Hall–Kier alpha value is -2.90. The van der Waals surface area contributed by atoms with Crippen LogP contribution in [0.4, 0.5) is 4.79 Å². The lowest BCUT2D eigenvalue weighted by Crippen LogP contribution is -2.49. The van der Waals surface area contributed by atoms with Crippen molar-refractivity contribution >= 4 is 34.9 Å². The number of halogens is 1. The van der Waals surface area contributed by atoms with E-state index in [9.17, 15) is 9.59 Å². The minimum absolute atomic E-state index is 0.0406. The number of likely N-dealkylation sites (tertiary alicyclic amines) is 1. The number of urea groups is 1. The van der Waals surface area contributed by atoms with Crippen molar-refractivity contribution in [2.24, 2.45) is 0 Å².